The second kappa shape index (κ2) is 13.1. The van der Waals surface area contributed by atoms with Crippen molar-refractivity contribution in [3.05, 3.63) is 29.8 Å². The molecule has 4 heteroatoms. The van der Waals surface area contributed by atoms with Gasteiger partial charge in [-0.25, -0.2) is 0 Å². The summed E-state index contributed by atoms with van der Waals surface area (Å²) in [5.41, 5.74) is 1.07. The highest BCUT2D eigenvalue weighted by molar-refractivity contribution is 7.86. The molecule has 1 aromatic rings. The first kappa shape index (κ1) is 25.7. The molecular weight excluding hydrogens is 416 g/mol. The second-order valence-corrected chi connectivity index (χ2v) is 12.1. The molecular formula is C28H46O3S. The van der Waals surface area contributed by atoms with Gasteiger partial charge in [0, 0.05) is 0 Å². The van der Waals surface area contributed by atoms with E-state index >= 15 is 0 Å². The van der Waals surface area contributed by atoms with E-state index in [-0.39, 0.29) is 6.10 Å². The van der Waals surface area contributed by atoms with Crippen molar-refractivity contribution < 1.29 is 12.6 Å². The molecule has 0 N–H and O–H groups in total. The Morgan fingerprint density at radius 1 is 0.781 bits per heavy atom. The highest BCUT2D eigenvalue weighted by Crippen LogP contribution is 2.42. The minimum atomic E-state index is -3.75. The zero-order chi connectivity index (χ0) is 22.8. The summed E-state index contributed by atoms with van der Waals surface area (Å²) in [6.07, 6.45) is 19.8. The second-order valence-electron chi connectivity index (χ2n) is 10.5. The van der Waals surface area contributed by atoms with E-state index in [2.05, 4.69) is 6.92 Å². The maximum absolute atomic E-state index is 13.3. The Hall–Kier alpha value is -0.870. The average molecular weight is 463 g/mol. The van der Waals surface area contributed by atoms with E-state index in [1.165, 1.54) is 89.9 Å². The van der Waals surface area contributed by atoms with Gasteiger partial charge in [-0.1, -0.05) is 121 Å². The van der Waals surface area contributed by atoms with Gasteiger partial charge in [-0.15, -0.1) is 0 Å². The van der Waals surface area contributed by atoms with Crippen molar-refractivity contribution in [2.75, 3.05) is 0 Å². The highest BCUT2D eigenvalue weighted by atomic mass is 32.2. The molecule has 0 heterocycles. The van der Waals surface area contributed by atoms with Gasteiger partial charge in [0.2, 0.25) is 0 Å². The van der Waals surface area contributed by atoms with Crippen LogP contribution >= 0.6 is 0 Å². The lowest BCUT2D eigenvalue weighted by Crippen LogP contribution is -2.38. The Balaban J connectivity index is 1.88. The quantitative estimate of drug-likeness (QED) is 0.366. The van der Waals surface area contributed by atoms with E-state index in [0.717, 1.165) is 18.4 Å². The van der Waals surface area contributed by atoms with Crippen LogP contribution in [0.5, 0.6) is 0 Å². The minimum absolute atomic E-state index is 0.194. The zero-order valence-electron chi connectivity index (χ0n) is 20.6. The topological polar surface area (TPSA) is 43.4 Å². The van der Waals surface area contributed by atoms with Crippen molar-refractivity contribution in [1.82, 2.24) is 0 Å². The Kier molecular flexibility index (Phi) is 10.6. The van der Waals surface area contributed by atoms with Gasteiger partial charge in [-0.2, -0.15) is 8.42 Å². The summed E-state index contributed by atoms with van der Waals surface area (Å²) < 4.78 is 32.8. The van der Waals surface area contributed by atoms with E-state index < -0.39 is 10.1 Å². The molecule has 0 bridgehead atoms. The Morgan fingerprint density at radius 3 is 1.66 bits per heavy atom. The van der Waals surface area contributed by atoms with E-state index in [0.29, 0.717) is 22.6 Å². The molecule has 182 valence electrons. The normalized spacial score (nSPS) is 21.5. The molecule has 3 nitrogen and oxygen atoms in total. The van der Waals surface area contributed by atoms with Gasteiger partial charge in [-0.3, -0.25) is 4.18 Å². The average Bonchev–Trinajstić information content (AvgIpc) is 2.71. The predicted octanol–water partition coefficient (Wildman–Crippen LogP) is 8.21. The molecule has 2 fully saturated rings. The van der Waals surface area contributed by atoms with Crippen LogP contribution < -0.4 is 0 Å². The van der Waals surface area contributed by atoms with Crippen LogP contribution in [0.1, 0.15) is 115 Å². The van der Waals surface area contributed by atoms with Gasteiger partial charge in [0.05, 0.1) is 11.0 Å². The third-order valence-corrected chi connectivity index (χ3v) is 9.30. The van der Waals surface area contributed by atoms with E-state index in [9.17, 15) is 8.42 Å². The maximum atomic E-state index is 13.3. The number of benzene rings is 1. The summed E-state index contributed by atoms with van der Waals surface area (Å²) >= 11 is 0. The standard InChI is InChI=1S/C28H46O3S/c1-3-14-27(31-32(29,30)26-21-19-23(2)20-22-26)28(24-15-10-6-4-7-11-16-24)25-17-12-8-5-9-13-18-25/h19-22,24-25,27-28H,3-18H2,1-2H3. The summed E-state index contributed by atoms with van der Waals surface area (Å²) in [5.74, 6) is 1.57. The molecule has 32 heavy (non-hydrogen) atoms. The Labute approximate surface area is 197 Å². The number of aryl methyl sites for hydroxylation is 1. The van der Waals surface area contributed by atoms with Crippen molar-refractivity contribution in [2.45, 2.75) is 128 Å². The van der Waals surface area contributed by atoms with Crippen LogP contribution in [0.3, 0.4) is 0 Å². The molecule has 2 aliphatic carbocycles. The first-order chi connectivity index (χ1) is 15.5. The fourth-order valence-corrected chi connectivity index (χ4v) is 7.38. The number of rotatable bonds is 8. The Morgan fingerprint density at radius 2 is 1.22 bits per heavy atom. The molecule has 1 atom stereocenters. The number of hydrogen-bond donors (Lipinski definition) is 0. The minimum Gasteiger partial charge on any atom is -0.263 e. The predicted molar refractivity (Wildman–Crippen MR) is 133 cm³/mol. The molecule has 2 aliphatic rings. The summed E-state index contributed by atoms with van der Waals surface area (Å²) in [7, 11) is -3.75. The lowest BCUT2D eigenvalue weighted by Gasteiger charge is -2.40. The molecule has 1 unspecified atom stereocenters. The molecule has 0 radical (unpaired) electrons. The molecule has 2 saturated carbocycles. The highest BCUT2D eigenvalue weighted by Gasteiger charge is 2.38. The van der Waals surface area contributed by atoms with Crippen LogP contribution in [0.15, 0.2) is 29.2 Å². The summed E-state index contributed by atoms with van der Waals surface area (Å²) in [4.78, 5) is 0.304. The fraction of sp³-hybridized carbons (Fsp3) is 0.786. The first-order valence-electron chi connectivity index (χ1n) is 13.5. The summed E-state index contributed by atoms with van der Waals surface area (Å²) in [6.45, 7) is 4.15. The van der Waals surface area contributed by atoms with E-state index in [1.54, 1.807) is 12.1 Å². The largest absolute Gasteiger partial charge is 0.297 e. The summed E-state index contributed by atoms with van der Waals surface area (Å²) in [6, 6.07) is 7.14. The van der Waals surface area contributed by atoms with Crippen molar-refractivity contribution >= 4 is 10.1 Å². The molecule has 0 saturated heterocycles. The van der Waals surface area contributed by atoms with Crippen molar-refractivity contribution in [3.8, 4) is 0 Å². The molecule has 0 aliphatic heterocycles. The maximum Gasteiger partial charge on any atom is 0.297 e. The van der Waals surface area contributed by atoms with E-state index in [1.807, 2.05) is 19.1 Å². The van der Waals surface area contributed by atoms with Crippen LogP contribution in [0.25, 0.3) is 0 Å². The van der Waals surface area contributed by atoms with Gasteiger partial charge in [0.25, 0.3) is 10.1 Å². The third kappa shape index (κ3) is 7.58. The third-order valence-electron chi connectivity index (χ3n) is 7.95. The fourth-order valence-electron chi connectivity index (χ4n) is 6.25. The van der Waals surface area contributed by atoms with Gasteiger partial charge >= 0.3 is 0 Å². The monoisotopic (exact) mass is 462 g/mol. The van der Waals surface area contributed by atoms with Crippen LogP contribution in [-0.2, 0) is 14.3 Å². The van der Waals surface area contributed by atoms with Gasteiger partial charge in [-0.05, 0) is 43.2 Å². The lowest BCUT2D eigenvalue weighted by molar-refractivity contribution is 0.0309. The molecule has 0 aromatic heterocycles. The van der Waals surface area contributed by atoms with Crippen molar-refractivity contribution in [3.63, 3.8) is 0 Å². The van der Waals surface area contributed by atoms with Crippen molar-refractivity contribution in [1.29, 1.82) is 0 Å². The van der Waals surface area contributed by atoms with Crippen LogP contribution in [0, 0.1) is 24.7 Å². The first-order valence-corrected chi connectivity index (χ1v) is 14.9. The molecule has 3 rings (SSSR count). The SMILES string of the molecule is CCCC(OS(=O)(=O)c1ccc(C)cc1)C(C1CCCCCCC1)C1CCCCCCC1. The molecule has 0 spiro atoms. The van der Waals surface area contributed by atoms with E-state index in [4.69, 9.17) is 4.18 Å². The number of hydrogen-bond acceptors (Lipinski definition) is 3. The van der Waals surface area contributed by atoms with Crippen LogP contribution in [0.4, 0.5) is 0 Å². The molecule has 0 amide bonds. The smallest absolute Gasteiger partial charge is 0.263 e. The zero-order valence-corrected chi connectivity index (χ0v) is 21.4. The summed E-state index contributed by atoms with van der Waals surface area (Å²) in [5, 5.41) is 0. The van der Waals surface area contributed by atoms with Crippen molar-refractivity contribution in [2.24, 2.45) is 17.8 Å². The van der Waals surface area contributed by atoms with Gasteiger partial charge in [0.15, 0.2) is 0 Å². The Bertz CT molecular complexity index is 717. The van der Waals surface area contributed by atoms with Crippen LogP contribution in [-0.4, -0.2) is 14.5 Å². The van der Waals surface area contributed by atoms with Gasteiger partial charge in [0.1, 0.15) is 0 Å². The lowest BCUT2D eigenvalue weighted by atomic mass is 9.68. The van der Waals surface area contributed by atoms with Crippen LogP contribution in [0.2, 0.25) is 0 Å². The van der Waals surface area contributed by atoms with Gasteiger partial charge < -0.3 is 0 Å². The molecule has 1 aromatic carbocycles.